The smallest absolute Gasteiger partial charge is 0.374 e. The van der Waals surface area contributed by atoms with Crippen LogP contribution in [-0.2, 0) is 17.6 Å². The third-order valence-corrected chi connectivity index (χ3v) is 3.90. The second-order valence-electron chi connectivity index (χ2n) is 5.23. The Morgan fingerprint density at radius 1 is 1.19 bits per heavy atom. The Kier molecular flexibility index (Phi) is 3.20. The predicted molar refractivity (Wildman–Crippen MR) is 73.2 cm³/mol. The molecule has 1 N–H and O–H groups in total. The molecule has 0 radical (unpaired) electrons. The SMILES string of the molecule is O=C(O)C(F)(F)C1Cc2ccc(-c3ccccn3)cc2C1. The molecule has 5 heteroatoms. The number of nitrogens with zero attached hydrogens (tertiary/aromatic N) is 1. The lowest BCUT2D eigenvalue weighted by molar-refractivity contribution is -0.172. The molecule has 1 aliphatic carbocycles. The fourth-order valence-corrected chi connectivity index (χ4v) is 2.74. The van der Waals surface area contributed by atoms with E-state index >= 15 is 0 Å². The van der Waals surface area contributed by atoms with E-state index in [-0.39, 0.29) is 12.8 Å². The molecule has 1 aromatic heterocycles. The van der Waals surface area contributed by atoms with Crippen molar-refractivity contribution in [2.24, 2.45) is 5.92 Å². The number of halogens is 2. The van der Waals surface area contributed by atoms with E-state index in [1.54, 1.807) is 18.3 Å². The quantitative estimate of drug-likeness (QED) is 0.944. The molecule has 0 aliphatic heterocycles. The zero-order valence-electron chi connectivity index (χ0n) is 11.1. The fourth-order valence-electron chi connectivity index (χ4n) is 2.74. The zero-order valence-corrected chi connectivity index (χ0v) is 11.1. The van der Waals surface area contributed by atoms with Crippen LogP contribution in [0.2, 0.25) is 0 Å². The van der Waals surface area contributed by atoms with Crippen molar-refractivity contribution in [3.05, 3.63) is 53.7 Å². The zero-order chi connectivity index (χ0) is 15.0. The first-order valence-electron chi connectivity index (χ1n) is 6.63. The Morgan fingerprint density at radius 2 is 1.95 bits per heavy atom. The van der Waals surface area contributed by atoms with Gasteiger partial charge in [0.05, 0.1) is 5.69 Å². The summed E-state index contributed by atoms with van der Waals surface area (Å²) in [7, 11) is 0. The van der Waals surface area contributed by atoms with Crippen molar-refractivity contribution in [3.8, 4) is 11.3 Å². The van der Waals surface area contributed by atoms with Gasteiger partial charge in [-0.25, -0.2) is 4.79 Å². The summed E-state index contributed by atoms with van der Waals surface area (Å²) in [6, 6.07) is 11.0. The standard InChI is InChI=1S/C16H13F2NO2/c17-16(18,15(20)21)13-8-10-4-5-11(7-12(10)9-13)14-3-1-2-6-19-14/h1-7,13H,8-9H2,(H,20,21). The number of alkyl halides is 2. The monoisotopic (exact) mass is 289 g/mol. The van der Waals surface area contributed by atoms with E-state index in [4.69, 9.17) is 5.11 Å². The molecule has 1 aromatic carbocycles. The Morgan fingerprint density at radius 3 is 2.62 bits per heavy atom. The van der Waals surface area contributed by atoms with Crippen LogP contribution >= 0.6 is 0 Å². The van der Waals surface area contributed by atoms with Gasteiger partial charge in [0.15, 0.2) is 0 Å². The Hall–Kier alpha value is -2.30. The fraction of sp³-hybridized carbons (Fsp3) is 0.250. The highest BCUT2D eigenvalue weighted by Gasteiger charge is 2.49. The third kappa shape index (κ3) is 2.39. The van der Waals surface area contributed by atoms with Crippen molar-refractivity contribution in [2.75, 3.05) is 0 Å². The largest absolute Gasteiger partial charge is 0.477 e. The maximum Gasteiger partial charge on any atom is 0.374 e. The van der Waals surface area contributed by atoms with Crippen LogP contribution in [0.4, 0.5) is 8.78 Å². The molecule has 108 valence electrons. The first-order chi connectivity index (χ1) is 9.98. The molecule has 0 saturated carbocycles. The van der Waals surface area contributed by atoms with Crippen molar-refractivity contribution in [1.29, 1.82) is 0 Å². The van der Waals surface area contributed by atoms with Crippen LogP contribution in [0.25, 0.3) is 11.3 Å². The minimum absolute atomic E-state index is 0.0787. The highest BCUT2D eigenvalue weighted by Crippen LogP contribution is 2.38. The Bertz CT molecular complexity index is 686. The summed E-state index contributed by atoms with van der Waals surface area (Å²) in [6.45, 7) is 0. The van der Waals surface area contributed by atoms with Gasteiger partial charge in [0.25, 0.3) is 0 Å². The molecule has 0 saturated heterocycles. The molecule has 0 amide bonds. The highest BCUT2D eigenvalue weighted by molar-refractivity contribution is 5.76. The molecule has 1 heterocycles. The van der Waals surface area contributed by atoms with Gasteiger partial charge in [-0.2, -0.15) is 8.78 Å². The van der Waals surface area contributed by atoms with Crippen LogP contribution < -0.4 is 0 Å². The number of carboxylic acids is 1. The number of fused-ring (bicyclic) bond motifs is 1. The van der Waals surface area contributed by atoms with Crippen LogP contribution in [0.3, 0.4) is 0 Å². The van der Waals surface area contributed by atoms with E-state index in [1.165, 1.54) is 0 Å². The van der Waals surface area contributed by atoms with E-state index in [9.17, 15) is 13.6 Å². The van der Waals surface area contributed by atoms with Gasteiger partial charge in [-0.15, -0.1) is 0 Å². The summed E-state index contributed by atoms with van der Waals surface area (Å²) < 4.78 is 27.3. The maximum atomic E-state index is 13.6. The molecule has 1 unspecified atom stereocenters. The van der Waals surface area contributed by atoms with Gasteiger partial charge >= 0.3 is 11.9 Å². The summed E-state index contributed by atoms with van der Waals surface area (Å²) in [5, 5.41) is 8.65. The molecule has 1 aliphatic rings. The number of benzene rings is 1. The molecule has 3 nitrogen and oxygen atoms in total. The maximum absolute atomic E-state index is 13.6. The molecule has 2 aromatic rings. The average Bonchev–Trinajstić information content (AvgIpc) is 2.91. The van der Waals surface area contributed by atoms with Crippen molar-refractivity contribution in [3.63, 3.8) is 0 Å². The van der Waals surface area contributed by atoms with Crippen molar-refractivity contribution >= 4 is 5.97 Å². The van der Waals surface area contributed by atoms with Gasteiger partial charge in [-0.3, -0.25) is 4.98 Å². The number of pyridine rings is 1. The molecule has 0 fully saturated rings. The van der Waals surface area contributed by atoms with Crippen molar-refractivity contribution in [1.82, 2.24) is 4.98 Å². The second-order valence-corrected chi connectivity index (χ2v) is 5.23. The Labute approximate surface area is 120 Å². The Balaban J connectivity index is 1.90. The summed E-state index contributed by atoms with van der Waals surface area (Å²) >= 11 is 0. The van der Waals surface area contributed by atoms with Crippen LogP contribution in [0.5, 0.6) is 0 Å². The van der Waals surface area contributed by atoms with Gasteiger partial charge in [0.2, 0.25) is 0 Å². The van der Waals surface area contributed by atoms with Crippen LogP contribution in [0.1, 0.15) is 11.1 Å². The summed E-state index contributed by atoms with van der Waals surface area (Å²) in [5.41, 5.74) is 3.20. The van der Waals surface area contributed by atoms with E-state index in [1.807, 2.05) is 24.3 Å². The second kappa shape index (κ2) is 4.91. The molecule has 21 heavy (non-hydrogen) atoms. The first-order valence-corrected chi connectivity index (χ1v) is 6.63. The summed E-state index contributed by atoms with van der Waals surface area (Å²) in [6.07, 6.45) is 1.84. The van der Waals surface area contributed by atoms with Crippen LogP contribution in [0, 0.1) is 5.92 Å². The first kappa shape index (κ1) is 13.7. The van der Waals surface area contributed by atoms with Gasteiger partial charge in [0, 0.05) is 17.7 Å². The number of carbonyl (C=O) groups is 1. The lowest BCUT2D eigenvalue weighted by Gasteiger charge is -2.17. The number of aromatic nitrogens is 1. The summed E-state index contributed by atoms with van der Waals surface area (Å²) in [5.74, 6) is -6.92. The average molecular weight is 289 g/mol. The molecular weight excluding hydrogens is 276 g/mol. The van der Waals surface area contributed by atoms with Crippen LogP contribution in [0.15, 0.2) is 42.6 Å². The number of carboxylic acid groups (broad SMARTS) is 1. The number of hydrogen-bond donors (Lipinski definition) is 1. The minimum atomic E-state index is -3.69. The third-order valence-electron chi connectivity index (χ3n) is 3.90. The van der Waals surface area contributed by atoms with Crippen LogP contribution in [-0.4, -0.2) is 22.0 Å². The van der Waals surface area contributed by atoms with Gasteiger partial charge in [0.1, 0.15) is 0 Å². The normalized spacial score (nSPS) is 17.5. The predicted octanol–water partition coefficient (Wildman–Crippen LogP) is 3.18. The molecule has 3 rings (SSSR count). The molecule has 1 atom stereocenters. The highest BCUT2D eigenvalue weighted by atomic mass is 19.3. The minimum Gasteiger partial charge on any atom is -0.477 e. The summed E-state index contributed by atoms with van der Waals surface area (Å²) in [4.78, 5) is 14.9. The molecular formula is C16H13F2NO2. The van der Waals surface area contributed by atoms with E-state index < -0.39 is 17.8 Å². The number of aliphatic carboxylic acids is 1. The number of rotatable bonds is 3. The van der Waals surface area contributed by atoms with E-state index in [0.717, 1.165) is 22.4 Å². The topological polar surface area (TPSA) is 50.2 Å². The van der Waals surface area contributed by atoms with E-state index in [0.29, 0.717) is 0 Å². The lowest BCUT2D eigenvalue weighted by atomic mass is 9.98. The van der Waals surface area contributed by atoms with Gasteiger partial charge < -0.3 is 5.11 Å². The van der Waals surface area contributed by atoms with Crippen molar-refractivity contribution in [2.45, 2.75) is 18.8 Å². The number of hydrogen-bond acceptors (Lipinski definition) is 2. The van der Waals surface area contributed by atoms with Crippen molar-refractivity contribution < 1.29 is 18.7 Å². The molecule has 0 spiro atoms. The van der Waals surface area contributed by atoms with E-state index in [2.05, 4.69) is 4.98 Å². The lowest BCUT2D eigenvalue weighted by Crippen LogP contribution is -2.37. The molecule has 0 bridgehead atoms. The van der Waals surface area contributed by atoms with Gasteiger partial charge in [-0.05, 0) is 42.2 Å². The van der Waals surface area contributed by atoms with Gasteiger partial charge in [-0.1, -0.05) is 18.2 Å².